The smallest absolute Gasteiger partial charge is 0.266 e. The van der Waals surface area contributed by atoms with Gasteiger partial charge in [-0.1, -0.05) is 44.0 Å². The first-order valence-corrected chi connectivity index (χ1v) is 11.1. The predicted octanol–water partition coefficient (Wildman–Crippen LogP) is 6.95. The van der Waals surface area contributed by atoms with E-state index in [1.165, 1.54) is 0 Å². The molecule has 3 rings (SSSR count). The average molecular weight is 540 g/mol. The van der Waals surface area contributed by atoms with Crippen molar-refractivity contribution in [1.82, 2.24) is 0 Å². The van der Waals surface area contributed by atoms with Crippen molar-refractivity contribution in [2.45, 2.75) is 20.5 Å². The molecular weight excluding hydrogens is 520 g/mol. The van der Waals surface area contributed by atoms with E-state index in [1.807, 2.05) is 68.4 Å². The van der Waals surface area contributed by atoms with E-state index in [-0.39, 0.29) is 5.57 Å². The van der Waals surface area contributed by atoms with Crippen LogP contribution in [0.3, 0.4) is 0 Å². The summed E-state index contributed by atoms with van der Waals surface area (Å²) >= 11 is 6.79. The van der Waals surface area contributed by atoms with Crippen LogP contribution in [0.2, 0.25) is 0 Å². The maximum atomic E-state index is 12.5. The van der Waals surface area contributed by atoms with E-state index in [0.717, 1.165) is 36.9 Å². The van der Waals surface area contributed by atoms with E-state index < -0.39 is 5.91 Å². The van der Waals surface area contributed by atoms with Crippen molar-refractivity contribution >= 4 is 49.5 Å². The van der Waals surface area contributed by atoms with Gasteiger partial charge in [0.1, 0.15) is 24.0 Å². The van der Waals surface area contributed by atoms with Crippen molar-refractivity contribution in [3.8, 4) is 11.8 Å². The number of aryl methyl sites for hydroxylation is 2. The van der Waals surface area contributed by atoms with Crippen LogP contribution in [0.4, 0.5) is 5.69 Å². The second kappa shape index (κ2) is 10.4. The van der Waals surface area contributed by atoms with Gasteiger partial charge in [-0.25, -0.2) is 0 Å². The standard InChI is InChI=1S/C25H20Br2N2O2/c1-16-11-19(12-17(2)24(16)31-15-18-3-5-21(26)6-4-18)13-20(14-28)25(30)29-23-9-7-22(27)8-10-23/h3-13H,15H2,1-2H3,(H,29,30)/b20-13+. The molecule has 0 aliphatic heterocycles. The van der Waals surface area contributed by atoms with Gasteiger partial charge < -0.3 is 10.1 Å². The van der Waals surface area contributed by atoms with Crippen LogP contribution >= 0.6 is 31.9 Å². The normalized spacial score (nSPS) is 11.0. The lowest BCUT2D eigenvalue weighted by Crippen LogP contribution is -2.13. The van der Waals surface area contributed by atoms with E-state index >= 15 is 0 Å². The molecule has 0 aliphatic rings. The summed E-state index contributed by atoms with van der Waals surface area (Å²) < 4.78 is 7.97. The summed E-state index contributed by atoms with van der Waals surface area (Å²) in [5.41, 5.74) is 4.38. The Hall–Kier alpha value is -2.88. The van der Waals surface area contributed by atoms with E-state index in [2.05, 4.69) is 37.2 Å². The van der Waals surface area contributed by atoms with Crippen molar-refractivity contribution in [3.05, 3.63) is 97.4 Å². The van der Waals surface area contributed by atoms with Gasteiger partial charge in [0, 0.05) is 14.6 Å². The van der Waals surface area contributed by atoms with Crippen molar-refractivity contribution < 1.29 is 9.53 Å². The van der Waals surface area contributed by atoms with E-state index in [1.54, 1.807) is 18.2 Å². The van der Waals surface area contributed by atoms with Crippen molar-refractivity contribution in [3.63, 3.8) is 0 Å². The van der Waals surface area contributed by atoms with Gasteiger partial charge in [0.05, 0.1) is 0 Å². The molecule has 1 amide bonds. The Bertz CT molecular complexity index is 1140. The zero-order valence-corrected chi connectivity index (χ0v) is 20.2. The van der Waals surface area contributed by atoms with Crippen LogP contribution in [-0.2, 0) is 11.4 Å². The molecule has 0 atom stereocenters. The molecule has 1 N–H and O–H groups in total. The lowest BCUT2D eigenvalue weighted by atomic mass is 10.0. The first-order valence-electron chi connectivity index (χ1n) is 9.53. The number of carbonyl (C=O) groups is 1. The molecule has 0 saturated heterocycles. The Labute approximate surface area is 198 Å². The van der Waals surface area contributed by atoms with Gasteiger partial charge in [-0.05, 0) is 90.7 Å². The van der Waals surface area contributed by atoms with Crippen LogP contribution in [0.15, 0.2) is 75.2 Å². The Morgan fingerprint density at radius 2 is 1.55 bits per heavy atom. The lowest BCUT2D eigenvalue weighted by molar-refractivity contribution is -0.112. The minimum atomic E-state index is -0.448. The molecule has 31 heavy (non-hydrogen) atoms. The summed E-state index contributed by atoms with van der Waals surface area (Å²) in [5, 5.41) is 12.2. The molecule has 4 nitrogen and oxygen atoms in total. The van der Waals surface area contributed by atoms with Gasteiger partial charge in [0.2, 0.25) is 0 Å². The third kappa shape index (κ3) is 6.30. The molecule has 0 aromatic heterocycles. The summed E-state index contributed by atoms with van der Waals surface area (Å²) in [6.07, 6.45) is 1.59. The quantitative estimate of drug-likeness (QED) is 0.272. The van der Waals surface area contributed by atoms with Gasteiger partial charge in [-0.2, -0.15) is 5.26 Å². The topological polar surface area (TPSA) is 62.1 Å². The van der Waals surface area contributed by atoms with Crippen LogP contribution in [-0.4, -0.2) is 5.91 Å². The monoisotopic (exact) mass is 538 g/mol. The highest BCUT2D eigenvalue weighted by Crippen LogP contribution is 2.27. The number of halogens is 2. The summed E-state index contributed by atoms with van der Waals surface area (Å²) in [6, 6.07) is 21.0. The zero-order chi connectivity index (χ0) is 22.4. The highest BCUT2D eigenvalue weighted by molar-refractivity contribution is 9.10. The van der Waals surface area contributed by atoms with Crippen molar-refractivity contribution in [1.29, 1.82) is 5.26 Å². The number of anilines is 1. The summed E-state index contributed by atoms with van der Waals surface area (Å²) in [5.74, 6) is 0.355. The highest BCUT2D eigenvalue weighted by atomic mass is 79.9. The first kappa shape index (κ1) is 22.8. The third-order valence-corrected chi connectivity index (χ3v) is 5.61. The number of nitrogens with zero attached hydrogens (tertiary/aromatic N) is 1. The molecule has 0 heterocycles. The number of ether oxygens (including phenoxy) is 1. The van der Waals surface area contributed by atoms with E-state index in [4.69, 9.17) is 4.74 Å². The summed E-state index contributed by atoms with van der Waals surface area (Å²) in [4.78, 5) is 12.5. The fraction of sp³-hybridized carbons (Fsp3) is 0.120. The summed E-state index contributed by atoms with van der Waals surface area (Å²) in [6.45, 7) is 4.37. The second-order valence-electron chi connectivity index (χ2n) is 7.03. The van der Waals surface area contributed by atoms with Crippen molar-refractivity contribution in [2.24, 2.45) is 0 Å². The number of amides is 1. The van der Waals surface area contributed by atoms with Gasteiger partial charge in [-0.3, -0.25) is 4.79 Å². The predicted molar refractivity (Wildman–Crippen MR) is 131 cm³/mol. The molecule has 0 bridgehead atoms. The molecule has 0 spiro atoms. The van der Waals surface area contributed by atoms with Crippen LogP contribution in [0.5, 0.6) is 5.75 Å². The lowest BCUT2D eigenvalue weighted by Gasteiger charge is -2.13. The Morgan fingerprint density at radius 3 is 2.10 bits per heavy atom. The number of carbonyl (C=O) groups excluding carboxylic acids is 1. The highest BCUT2D eigenvalue weighted by Gasteiger charge is 2.12. The molecule has 0 fully saturated rings. The SMILES string of the molecule is Cc1cc(/C=C(\C#N)C(=O)Nc2ccc(Br)cc2)cc(C)c1OCc1ccc(Br)cc1. The Morgan fingerprint density at radius 1 is 1.00 bits per heavy atom. The van der Waals surface area contributed by atoms with Crippen molar-refractivity contribution in [2.75, 3.05) is 5.32 Å². The van der Waals surface area contributed by atoms with E-state index in [9.17, 15) is 10.1 Å². The fourth-order valence-corrected chi connectivity index (χ4v) is 3.61. The number of nitriles is 1. The number of hydrogen-bond acceptors (Lipinski definition) is 3. The number of rotatable bonds is 6. The molecule has 3 aromatic carbocycles. The van der Waals surface area contributed by atoms with Crippen LogP contribution in [0.1, 0.15) is 22.3 Å². The second-order valence-corrected chi connectivity index (χ2v) is 8.86. The van der Waals surface area contributed by atoms with Crippen LogP contribution in [0, 0.1) is 25.2 Å². The molecule has 156 valence electrons. The number of hydrogen-bond donors (Lipinski definition) is 1. The maximum Gasteiger partial charge on any atom is 0.266 e. The number of benzene rings is 3. The minimum absolute atomic E-state index is 0.0326. The number of nitrogens with one attached hydrogen (secondary N) is 1. The third-order valence-electron chi connectivity index (χ3n) is 4.56. The van der Waals surface area contributed by atoms with E-state index in [0.29, 0.717) is 12.3 Å². The zero-order valence-electron chi connectivity index (χ0n) is 17.1. The average Bonchev–Trinajstić information content (AvgIpc) is 2.74. The Kier molecular flexibility index (Phi) is 7.67. The Balaban J connectivity index is 1.76. The minimum Gasteiger partial charge on any atom is -0.488 e. The molecule has 0 saturated carbocycles. The van der Waals surface area contributed by atoms with Gasteiger partial charge >= 0.3 is 0 Å². The van der Waals surface area contributed by atoms with Gasteiger partial charge in [0.25, 0.3) is 5.91 Å². The maximum absolute atomic E-state index is 12.5. The van der Waals surface area contributed by atoms with Crippen LogP contribution < -0.4 is 10.1 Å². The molecule has 0 aliphatic carbocycles. The van der Waals surface area contributed by atoms with Gasteiger partial charge in [0.15, 0.2) is 0 Å². The largest absolute Gasteiger partial charge is 0.488 e. The summed E-state index contributed by atoms with van der Waals surface area (Å²) in [7, 11) is 0. The molecular formula is C25H20Br2N2O2. The fourth-order valence-electron chi connectivity index (χ4n) is 3.08. The van der Waals surface area contributed by atoms with Crippen LogP contribution in [0.25, 0.3) is 6.08 Å². The molecule has 3 aromatic rings. The molecule has 0 unspecified atom stereocenters. The first-order chi connectivity index (χ1) is 14.9. The van der Waals surface area contributed by atoms with Gasteiger partial charge in [-0.15, -0.1) is 0 Å². The molecule has 6 heteroatoms. The molecule has 0 radical (unpaired) electrons.